The SMILES string of the molecule is CC1(C)CC(=O)C2=C(C1)N(Cc1ccc(S(N)(=O)=O)cc1)C1=C(C(=O)CC(C)(C)C1)C2c1ccc(Br)cc1. The van der Waals surface area contributed by atoms with Crippen molar-refractivity contribution in [2.75, 3.05) is 0 Å². The first-order valence-corrected chi connectivity index (χ1v) is 15.2. The Hall–Kier alpha value is -2.55. The van der Waals surface area contributed by atoms with Gasteiger partial charge in [-0.2, -0.15) is 0 Å². The van der Waals surface area contributed by atoms with Gasteiger partial charge >= 0.3 is 0 Å². The Morgan fingerprint density at radius 3 is 1.74 bits per heavy atom. The molecule has 0 atom stereocenters. The number of primary sulfonamides is 1. The second kappa shape index (κ2) is 9.28. The first-order chi connectivity index (χ1) is 17.7. The summed E-state index contributed by atoms with van der Waals surface area (Å²) in [6.07, 6.45) is 2.28. The Kier molecular flexibility index (Phi) is 6.60. The zero-order valence-electron chi connectivity index (χ0n) is 22.2. The molecule has 6 nitrogen and oxygen atoms in total. The number of nitrogens with two attached hydrogens (primary N) is 1. The molecule has 0 amide bonds. The maximum atomic E-state index is 13.8. The molecule has 38 heavy (non-hydrogen) atoms. The van der Waals surface area contributed by atoms with Crippen LogP contribution in [0.4, 0.5) is 0 Å². The minimum absolute atomic E-state index is 0.0537. The third-order valence-electron chi connectivity index (χ3n) is 7.82. The van der Waals surface area contributed by atoms with E-state index in [0.717, 1.165) is 38.1 Å². The van der Waals surface area contributed by atoms with Crippen molar-refractivity contribution >= 4 is 37.5 Å². The number of halogens is 1. The fourth-order valence-electron chi connectivity index (χ4n) is 6.19. The first-order valence-electron chi connectivity index (χ1n) is 12.8. The molecule has 0 saturated carbocycles. The average molecular weight is 598 g/mol. The Balaban J connectivity index is 1.71. The standard InChI is InChI=1S/C30H33BrN2O4S/c1-29(2)13-22-27(24(34)15-29)26(19-7-9-20(31)10-8-19)28-23(14-30(3,4)16-25(28)35)33(22)17-18-5-11-21(12-6-18)38(32,36)37/h5-12,26H,13-17H2,1-4H3,(H2,32,36,37). The van der Waals surface area contributed by atoms with Gasteiger partial charge in [-0.3, -0.25) is 9.59 Å². The topological polar surface area (TPSA) is 97.5 Å². The molecule has 2 N–H and O–H groups in total. The molecule has 2 aromatic carbocycles. The molecule has 200 valence electrons. The maximum absolute atomic E-state index is 13.8. The highest BCUT2D eigenvalue weighted by Crippen LogP contribution is 2.54. The Morgan fingerprint density at radius 2 is 1.29 bits per heavy atom. The van der Waals surface area contributed by atoms with Crippen LogP contribution in [0.25, 0.3) is 0 Å². The number of sulfonamides is 1. The molecule has 2 aromatic rings. The van der Waals surface area contributed by atoms with Crippen molar-refractivity contribution in [3.05, 3.63) is 86.7 Å². The summed E-state index contributed by atoms with van der Waals surface area (Å²) in [6, 6.07) is 14.5. The van der Waals surface area contributed by atoms with E-state index >= 15 is 0 Å². The lowest BCUT2D eigenvalue weighted by molar-refractivity contribution is -0.119. The van der Waals surface area contributed by atoms with Gasteiger partial charge in [-0.05, 0) is 59.1 Å². The van der Waals surface area contributed by atoms with Crippen molar-refractivity contribution in [3.8, 4) is 0 Å². The van der Waals surface area contributed by atoms with E-state index in [4.69, 9.17) is 5.14 Å². The highest BCUT2D eigenvalue weighted by atomic mass is 79.9. The van der Waals surface area contributed by atoms with Crippen LogP contribution in [-0.4, -0.2) is 24.9 Å². The number of nitrogens with zero attached hydrogens (tertiary/aromatic N) is 1. The normalized spacial score (nSPS) is 21.5. The number of hydrogen-bond donors (Lipinski definition) is 1. The predicted octanol–water partition coefficient (Wildman–Crippen LogP) is 5.98. The van der Waals surface area contributed by atoms with Crippen LogP contribution >= 0.6 is 15.9 Å². The zero-order chi connectivity index (χ0) is 27.6. The molecule has 1 aliphatic heterocycles. The van der Waals surface area contributed by atoms with Crippen LogP contribution in [0.1, 0.15) is 70.4 Å². The molecular formula is C30H33BrN2O4S. The molecular weight excluding hydrogens is 564 g/mol. The van der Waals surface area contributed by atoms with Gasteiger partial charge in [-0.25, -0.2) is 13.6 Å². The van der Waals surface area contributed by atoms with E-state index in [-0.39, 0.29) is 33.2 Å². The minimum Gasteiger partial charge on any atom is -0.343 e. The molecule has 0 spiro atoms. The van der Waals surface area contributed by atoms with E-state index in [1.54, 1.807) is 12.1 Å². The largest absolute Gasteiger partial charge is 0.343 e. The van der Waals surface area contributed by atoms with Crippen molar-refractivity contribution in [3.63, 3.8) is 0 Å². The van der Waals surface area contributed by atoms with Crippen LogP contribution in [0, 0.1) is 10.8 Å². The molecule has 0 radical (unpaired) electrons. The zero-order valence-corrected chi connectivity index (χ0v) is 24.6. The molecule has 0 saturated heterocycles. The summed E-state index contributed by atoms with van der Waals surface area (Å²) < 4.78 is 24.5. The highest BCUT2D eigenvalue weighted by Gasteiger charge is 2.48. The van der Waals surface area contributed by atoms with Crippen molar-refractivity contribution in [2.24, 2.45) is 16.0 Å². The van der Waals surface area contributed by atoms with Crippen molar-refractivity contribution in [2.45, 2.75) is 70.7 Å². The summed E-state index contributed by atoms with van der Waals surface area (Å²) in [5, 5.41) is 5.30. The number of ketones is 2. The predicted molar refractivity (Wildman–Crippen MR) is 150 cm³/mol. The van der Waals surface area contributed by atoms with Gasteiger partial charge in [-0.1, -0.05) is 67.9 Å². The van der Waals surface area contributed by atoms with Crippen molar-refractivity contribution in [1.29, 1.82) is 0 Å². The lowest BCUT2D eigenvalue weighted by Gasteiger charge is -2.49. The van der Waals surface area contributed by atoms with Crippen LogP contribution < -0.4 is 5.14 Å². The molecule has 3 aliphatic rings. The third kappa shape index (κ3) is 5.06. The van der Waals surface area contributed by atoms with Gasteiger partial charge in [0.05, 0.1) is 4.90 Å². The van der Waals surface area contributed by atoms with Crippen molar-refractivity contribution < 1.29 is 18.0 Å². The van der Waals surface area contributed by atoms with Crippen LogP contribution in [0.15, 0.2) is 80.4 Å². The number of carbonyl (C=O) groups excluding carboxylic acids is 2. The third-order valence-corrected chi connectivity index (χ3v) is 9.28. The van der Waals surface area contributed by atoms with E-state index < -0.39 is 10.0 Å². The molecule has 0 unspecified atom stereocenters. The molecule has 0 bridgehead atoms. The van der Waals surface area contributed by atoms with E-state index in [9.17, 15) is 18.0 Å². The number of carbonyl (C=O) groups is 2. The average Bonchev–Trinajstić information content (AvgIpc) is 2.79. The minimum atomic E-state index is -3.80. The van der Waals surface area contributed by atoms with Gasteiger partial charge in [-0.15, -0.1) is 0 Å². The summed E-state index contributed by atoms with van der Waals surface area (Å²) in [7, 11) is -3.80. The van der Waals surface area contributed by atoms with E-state index in [1.807, 2.05) is 24.3 Å². The lowest BCUT2D eigenvalue weighted by atomic mass is 9.63. The van der Waals surface area contributed by atoms with E-state index in [0.29, 0.717) is 32.2 Å². The lowest BCUT2D eigenvalue weighted by Crippen LogP contribution is -2.44. The van der Waals surface area contributed by atoms with Crippen LogP contribution in [0.2, 0.25) is 0 Å². The Labute approximate surface area is 233 Å². The first kappa shape index (κ1) is 27.0. The number of allylic oxidation sites excluding steroid dienone is 4. The Bertz CT molecular complexity index is 1450. The Morgan fingerprint density at radius 1 is 0.816 bits per heavy atom. The summed E-state index contributed by atoms with van der Waals surface area (Å²) in [4.78, 5) is 29.9. The summed E-state index contributed by atoms with van der Waals surface area (Å²) in [5.41, 5.74) is 4.78. The molecule has 5 rings (SSSR count). The maximum Gasteiger partial charge on any atom is 0.238 e. The van der Waals surface area contributed by atoms with Gasteiger partial charge in [0.25, 0.3) is 0 Å². The summed E-state index contributed by atoms with van der Waals surface area (Å²) in [5.74, 6) is -0.216. The second-order valence-electron chi connectivity index (χ2n) is 12.4. The fourth-order valence-corrected chi connectivity index (χ4v) is 6.97. The van der Waals surface area contributed by atoms with Gasteiger partial charge < -0.3 is 4.90 Å². The fraction of sp³-hybridized carbons (Fsp3) is 0.400. The van der Waals surface area contributed by atoms with E-state index in [1.165, 1.54) is 12.1 Å². The van der Waals surface area contributed by atoms with Gasteiger partial charge in [0.1, 0.15) is 0 Å². The van der Waals surface area contributed by atoms with Gasteiger partial charge in [0, 0.05) is 52.3 Å². The van der Waals surface area contributed by atoms with E-state index in [2.05, 4.69) is 48.5 Å². The summed E-state index contributed by atoms with van der Waals surface area (Å²) >= 11 is 3.51. The van der Waals surface area contributed by atoms with Gasteiger partial charge in [0.15, 0.2) is 11.6 Å². The smallest absolute Gasteiger partial charge is 0.238 e. The monoisotopic (exact) mass is 596 g/mol. The number of benzene rings is 2. The second-order valence-corrected chi connectivity index (χ2v) is 14.8. The highest BCUT2D eigenvalue weighted by molar-refractivity contribution is 9.10. The summed E-state index contributed by atoms with van der Waals surface area (Å²) in [6.45, 7) is 8.89. The number of rotatable bonds is 4. The molecule has 2 aliphatic carbocycles. The quantitative estimate of drug-likeness (QED) is 0.468. The van der Waals surface area contributed by atoms with Crippen molar-refractivity contribution in [1.82, 2.24) is 4.90 Å². The molecule has 8 heteroatoms. The van der Waals surface area contributed by atoms with Crippen LogP contribution in [-0.2, 0) is 26.2 Å². The van der Waals surface area contributed by atoms with Crippen LogP contribution in [0.5, 0.6) is 0 Å². The van der Waals surface area contributed by atoms with Gasteiger partial charge in [0.2, 0.25) is 10.0 Å². The van der Waals surface area contributed by atoms with Crippen LogP contribution in [0.3, 0.4) is 0 Å². The molecule has 0 fully saturated rings. The number of Topliss-reactive ketones (excluding diaryl/α,β-unsaturated/α-hetero) is 2. The molecule has 1 heterocycles. The molecule has 0 aromatic heterocycles. The number of hydrogen-bond acceptors (Lipinski definition) is 5.